The second kappa shape index (κ2) is 10.4. The summed E-state index contributed by atoms with van der Waals surface area (Å²) in [5.41, 5.74) is 2.55. The lowest BCUT2D eigenvalue weighted by atomic mass is 9.93. The van der Waals surface area contributed by atoms with Crippen LogP contribution < -0.4 is 10.6 Å². The van der Waals surface area contributed by atoms with E-state index in [9.17, 15) is 0 Å². The summed E-state index contributed by atoms with van der Waals surface area (Å²) in [5, 5.41) is 14.2. The molecule has 0 aromatic carbocycles. The Morgan fingerprint density at radius 1 is 1.25 bits per heavy atom. The van der Waals surface area contributed by atoms with Gasteiger partial charge in [-0.05, 0) is 29.3 Å². The second-order valence-electron chi connectivity index (χ2n) is 6.38. The molecule has 4 nitrogen and oxygen atoms in total. The number of thiazole rings is 1. The number of nitrogens with one attached hydrogen (secondary N) is 2. The minimum Gasteiger partial charge on any atom is -0.357 e. The molecule has 0 unspecified atom stereocenters. The minimum absolute atomic E-state index is 0. The number of rotatable bonds is 6. The van der Waals surface area contributed by atoms with Crippen molar-refractivity contribution in [2.45, 2.75) is 46.1 Å². The largest absolute Gasteiger partial charge is 0.357 e. The smallest absolute Gasteiger partial charge is 0.191 e. The van der Waals surface area contributed by atoms with Crippen LogP contribution >= 0.6 is 46.7 Å². The first-order valence-corrected chi connectivity index (χ1v) is 9.79. The van der Waals surface area contributed by atoms with Crippen LogP contribution in [0.2, 0.25) is 0 Å². The fraction of sp³-hybridized carbons (Fsp3) is 0.529. The van der Waals surface area contributed by atoms with E-state index < -0.39 is 0 Å². The van der Waals surface area contributed by atoms with Crippen LogP contribution in [0.3, 0.4) is 0 Å². The molecular formula is C17H27IN4S2. The molecule has 0 saturated heterocycles. The summed E-state index contributed by atoms with van der Waals surface area (Å²) in [4.78, 5) is 9.35. The van der Waals surface area contributed by atoms with Crippen molar-refractivity contribution in [2.24, 2.45) is 4.99 Å². The highest BCUT2D eigenvalue weighted by molar-refractivity contribution is 14.0. The quantitative estimate of drug-likeness (QED) is 0.367. The highest BCUT2D eigenvalue weighted by Crippen LogP contribution is 2.23. The van der Waals surface area contributed by atoms with Crippen molar-refractivity contribution in [1.82, 2.24) is 15.6 Å². The van der Waals surface area contributed by atoms with Crippen molar-refractivity contribution < 1.29 is 0 Å². The average molecular weight is 478 g/mol. The van der Waals surface area contributed by atoms with E-state index in [4.69, 9.17) is 4.98 Å². The van der Waals surface area contributed by atoms with Gasteiger partial charge in [0.05, 0.1) is 17.2 Å². The van der Waals surface area contributed by atoms with Crippen molar-refractivity contribution in [1.29, 1.82) is 0 Å². The zero-order valence-electron chi connectivity index (χ0n) is 14.8. The Bertz CT molecular complexity index is 615. The van der Waals surface area contributed by atoms with E-state index in [0.717, 1.165) is 25.5 Å². The van der Waals surface area contributed by atoms with Crippen molar-refractivity contribution >= 4 is 52.6 Å². The summed E-state index contributed by atoms with van der Waals surface area (Å²) in [5.74, 6) is 0.867. The zero-order chi connectivity index (χ0) is 16.7. The molecule has 0 aliphatic heterocycles. The van der Waals surface area contributed by atoms with Gasteiger partial charge >= 0.3 is 0 Å². The summed E-state index contributed by atoms with van der Waals surface area (Å²) < 4.78 is 0. The maximum Gasteiger partial charge on any atom is 0.191 e. The number of thiophene rings is 1. The third-order valence-electron chi connectivity index (χ3n) is 3.30. The topological polar surface area (TPSA) is 49.3 Å². The van der Waals surface area contributed by atoms with E-state index in [1.165, 1.54) is 16.3 Å². The van der Waals surface area contributed by atoms with E-state index in [2.05, 4.69) is 65.5 Å². The summed E-state index contributed by atoms with van der Waals surface area (Å²) in [6.45, 7) is 11.1. The molecular weight excluding hydrogens is 451 g/mol. The fourth-order valence-electron chi connectivity index (χ4n) is 1.95. The molecule has 134 valence electrons. The van der Waals surface area contributed by atoms with Crippen molar-refractivity contribution in [3.8, 4) is 0 Å². The molecule has 0 aliphatic rings. The van der Waals surface area contributed by atoms with Gasteiger partial charge in [0.25, 0.3) is 0 Å². The van der Waals surface area contributed by atoms with Crippen molar-refractivity contribution in [3.05, 3.63) is 38.5 Å². The summed E-state index contributed by atoms with van der Waals surface area (Å²) in [6.07, 6.45) is 0.920. The maximum absolute atomic E-state index is 4.73. The van der Waals surface area contributed by atoms with Crippen LogP contribution in [0.5, 0.6) is 0 Å². The molecule has 0 atom stereocenters. The van der Waals surface area contributed by atoms with Gasteiger partial charge in [-0.15, -0.1) is 35.3 Å². The van der Waals surface area contributed by atoms with Gasteiger partial charge in [0.15, 0.2) is 5.96 Å². The number of halogens is 1. The van der Waals surface area contributed by atoms with Crippen molar-refractivity contribution in [3.63, 3.8) is 0 Å². The Hall–Kier alpha value is -0.670. The lowest BCUT2D eigenvalue weighted by Gasteiger charge is -2.14. The summed E-state index contributed by atoms with van der Waals surface area (Å²) in [6, 6.07) is 2.11. The first-order valence-electron chi connectivity index (χ1n) is 7.97. The average Bonchev–Trinajstić information content (AvgIpc) is 3.15. The Balaban J connectivity index is 0.00000288. The van der Waals surface area contributed by atoms with E-state index in [0.29, 0.717) is 6.54 Å². The van der Waals surface area contributed by atoms with E-state index in [-0.39, 0.29) is 29.4 Å². The van der Waals surface area contributed by atoms with Gasteiger partial charge in [0.2, 0.25) is 0 Å². The molecule has 0 radical (unpaired) electrons. The van der Waals surface area contributed by atoms with E-state index >= 15 is 0 Å². The summed E-state index contributed by atoms with van der Waals surface area (Å²) in [7, 11) is 0. The monoisotopic (exact) mass is 478 g/mol. The molecule has 7 heteroatoms. The van der Waals surface area contributed by atoms with Crippen LogP contribution in [0.4, 0.5) is 0 Å². The molecule has 0 bridgehead atoms. The van der Waals surface area contributed by atoms with Crippen LogP contribution in [-0.4, -0.2) is 24.0 Å². The molecule has 24 heavy (non-hydrogen) atoms. The molecule has 0 spiro atoms. The molecule has 0 fully saturated rings. The third-order valence-corrected chi connectivity index (χ3v) is 4.94. The van der Waals surface area contributed by atoms with Gasteiger partial charge in [-0.25, -0.2) is 9.98 Å². The van der Waals surface area contributed by atoms with E-state index in [1.807, 2.05) is 0 Å². The lowest BCUT2D eigenvalue weighted by Crippen LogP contribution is -2.38. The zero-order valence-corrected chi connectivity index (χ0v) is 18.7. The third kappa shape index (κ3) is 7.06. The first-order chi connectivity index (χ1) is 11.0. The molecule has 2 aromatic rings. The van der Waals surface area contributed by atoms with Gasteiger partial charge in [0, 0.05) is 30.3 Å². The highest BCUT2D eigenvalue weighted by atomic mass is 127. The molecule has 2 N–H and O–H groups in total. The van der Waals surface area contributed by atoms with Crippen LogP contribution in [0.1, 0.15) is 44.0 Å². The summed E-state index contributed by atoms with van der Waals surface area (Å²) >= 11 is 3.45. The van der Waals surface area contributed by atoms with Gasteiger partial charge in [-0.3, -0.25) is 0 Å². The van der Waals surface area contributed by atoms with Crippen LogP contribution in [0.15, 0.2) is 27.2 Å². The molecule has 0 saturated carbocycles. The number of hydrogen-bond acceptors (Lipinski definition) is 4. The van der Waals surface area contributed by atoms with Crippen molar-refractivity contribution in [2.75, 3.05) is 13.1 Å². The number of aromatic nitrogens is 1. The normalized spacial score (nSPS) is 11.9. The van der Waals surface area contributed by atoms with Crippen LogP contribution in [0, 0.1) is 0 Å². The number of nitrogens with zero attached hydrogens (tertiary/aromatic N) is 2. The highest BCUT2D eigenvalue weighted by Gasteiger charge is 2.17. The predicted molar refractivity (Wildman–Crippen MR) is 117 cm³/mol. The molecule has 2 heterocycles. The van der Waals surface area contributed by atoms with Gasteiger partial charge in [-0.1, -0.05) is 20.8 Å². The standard InChI is InChI=1S/C17H26N4S2.HI/c1-5-18-16(20-10-13-7-9-22-11-13)19-8-6-15-21-14(12-23-15)17(2,3)4;/h7,9,11-12H,5-6,8,10H2,1-4H3,(H2,18,19,20);1H. The SMILES string of the molecule is CCNC(=NCc1ccsc1)NCCc1nc(C(C)(C)C)cs1.I. The Morgan fingerprint density at radius 3 is 2.62 bits per heavy atom. The molecule has 0 amide bonds. The van der Waals surface area contributed by atoms with Crippen LogP contribution in [0.25, 0.3) is 0 Å². The second-order valence-corrected chi connectivity index (χ2v) is 8.10. The molecule has 2 rings (SSSR count). The minimum atomic E-state index is 0. The van der Waals surface area contributed by atoms with Gasteiger partial charge in [-0.2, -0.15) is 11.3 Å². The lowest BCUT2D eigenvalue weighted by molar-refractivity contribution is 0.570. The van der Waals surface area contributed by atoms with Gasteiger partial charge in [0.1, 0.15) is 0 Å². The molecule has 2 aromatic heterocycles. The Morgan fingerprint density at radius 2 is 2.04 bits per heavy atom. The predicted octanol–water partition coefficient (Wildman–Crippen LogP) is 4.42. The van der Waals surface area contributed by atoms with E-state index in [1.54, 1.807) is 22.7 Å². The Kier molecular flexibility index (Phi) is 9.22. The van der Waals surface area contributed by atoms with Gasteiger partial charge < -0.3 is 10.6 Å². The number of guanidine groups is 1. The number of hydrogen-bond donors (Lipinski definition) is 2. The Labute approximate surface area is 170 Å². The van der Waals surface area contributed by atoms with Crippen LogP contribution in [-0.2, 0) is 18.4 Å². The molecule has 0 aliphatic carbocycles. The number of aliphatic imine (C=N–C) groups is 1. The first kappa shape index (κ1) is 21.4. The fourth-order valence-corrected chi connectivity index (χ4v) is 3.64. The maximum atomic E-state index is 4.73.